The Morgan fingerprint density at radius 2 is 2.44 bits per heavy atom. The molecule has 0 fully saturated rings. The molecule has 2 nitrogen and oxygen atoms in total. The molecule has 0 aromatic heterocycles. The molecule has 4 heteroatoms. The second-order valence-corrected chi connectivity index (χ2v) is 6.87. The molecule has 2 atom stereocenters. The quantitative estimate of drug-likeness (QED) is 0.551. The fraction of sp³-hybridized carbons (Fsp3) is 1.00. The van der Waals surface area contributed by atoms with E-state index in [2.05, 4.69) is 4.36 Å². The Morgan fingerprint density at radius 1 is 1.78 bits per heavy atom. The normalized spacial score (nSPS) is 42.7. The highest BCUT2D eigenvalue weighted by molar-refractivity contribution is 8.72. The Bertz CT molecular complexity index is 205. The summed E-state index contributed by atoms with van der Waals surface area (Å²) >= 11 is 0. The topological polar surface area (TPSA) is 29.4 Å². The first-order chi connectivity index (χ1) is 4.16. The number of nitrogens with zero attached hydrogens (tertiary/aromatic N) is 1. The van der Waals surface area contributed by atoms with Crippen molar-refractivity contribution in [2.24, 2.45) is 4.36 Å². The van der Waals surface area contributed by atoms with Crippen LogP contribution in [0.5, 0.6) is 0 Å². The first kappa shape index (κ1) is 7.41. The van der Waals surface area contributed by atoms with Crippen LogP contribution in [0.4, 0.5) is 0 Å². The average Bonchev–Trinajstić information content (AvgIpc) is 2.13. The van der Waals surface area contributed by atoms with Gasteiger partial charge >= 0.3 is 0 Å². The van der Waals surface area contributed by atoms with Crippen LogP contribution in [0.2, 0.25) is 0 Å². The molecule has 54 valence electrons. The molecule has 9 heavy (non-hydrogen) atoms. The SMILES string of the molecule is CSS1(=O)=NC(C)CC1. The molecule has 0 aromatic rings. The van der Waals surface area contributed by atoms with Crippen molar-refractivity contribution in [1.29, 1.82) is 0 Å². The van der Waals surface area contributed by atoms with Crippen LogP contribution in [0.1, 0.15) is 13.3 Å². The lowest BCUT2D eigenvalue weighted by Crippen LogP contribution is -1.92. The zero-order chi connectivity index (χ0) is 6.91. The molecule has 0 bridgehead atoms. The summed E-state index contributed by atoms with van der Waals surface area (Å²) < 4.78 is 15.5. The van der Waals surface area contributed by atoms with Crippen molar-refractivity contribution in [3.05, 3.63) is 0 Å². The number of hydrogen-bond donors (Lipinski definition) is 0. The summed E-state index contributed by atoms with van der Waals surface area (Å²) in [4.78, 5) is 0. The maximum absolute atomic E-state index is 11.4. The van der Waals surface area contributed by atoms with Crippen LogP contribution in [-0.2, 0) is 8.76 Å². The molecular weight excluding hydrogens is 154 g/mol. The third-order valence-corrected chi connectivity index (χ3v) is 5.67. The Balaban J connectivity index is 2.83. The third-order valence-electron chi connectivity index (χ3n) is 1.39. The monoisotopic (exact) mass is 165 g/mol. The van der Waals surface area contributed by atoms with Gasteiger partial charge in [-0.25, -0.2) is 8.57 Å². The second-order valence-electron chi connectivity index (χ2n) is 2.20. The van der Waals surface area contributed by atoms with Crippen LogP contribution in [0.25, 0.3) is 0 Å². The largest absolute Gasteiger partial charge is 0.239 e. The van der Waals surface area contributed by atoms with Gasteiger partial charge in [-0.05, 0) is 19.6 Å². The van der Waals surface area contributed by atoms with Crippen molar-refractivity contribution < 1.29 is 4.21 Å². The standard InChI is InChI=1S/C5H11NOS2/c1-5-3-4-9(7,6-5)8-2/h5H,3-4H2,1-2H3. The van der Waals surface area contributed by atoms with E-state index in [1.807, 2.05) is 13.2 Å². The van der Waals surface area contributed by atoms with Gasteiger partial charge in [-0.2, -0.15) is 0 Å². The Morgan fingerprint density at radius 3 is 2.67 bits per heavy atom. The molecule has 0 amide bonds. The van der Waals surface area contributed by atoms with E-state index in [1.165, 1.54) is 10.8 Å². The van der Waals surface area contributed by atoms with Crippen LogP contribution in [0.3, 0.4) is 0 Å². The van der Waals surface area contributed by atoms with Gasteiger partial charge in [0.25, 0.3) is 0 Å². The van der Waals surface area contributed by atoms with Crippen molar-refractivity contribution in [2.75, 3.05) is 12.0 Å². The van der Waals surface area contributed by atoms with Gasteiger partial charge in [0.2, 0.25) is 0 Å². The number of rotatable bonds is 1. The molecule has 0 saturated carbocycles. The first-order valence-corrected chi connectivity index (χ1v) is 6.38. The first-order valence-electron chi connectivity index (χ1n) is 2.96. The van der Waals surface area contributed by atoms with Crippen molar-refractivity contribution in [2.45, 2.75) is 19.4 Å². The van der Waals surface area contributed by atoms with Crippen LogP contribution < -0.4 is 0 Å². The van der Waals surface area contributed by atoms with Crippen molar-refractivity contribution in [3.63, 3.8) is 0 Å². The molecule has 0 spiro atoms. The van der Waals surface area contributed by atoms with E-state index in [0.29, 0.717) is 6.04 Å². The lowest BCUT2D eigenvalue weighted by Gasteiger charge is -1.93. The summed E-state index contributed by atoms with van der Waals surface area (Å²) in [6, 6.07) is 0.324. The lowest BCUT2D eigenvalue weighted by atomic mass is 10.3. The maximum Gasteiger partial charge on any atom is 0.0987 e. The predicted octanol–water partition coefficient (Wildman–Crippen LogP) is 1.52. The van der Waals surface area contributed by atoms with Gasteiger partial charge in [0.05, 0.1) is 14.8 Å². The minimum Gasteiger partial charge on any atom is -0.239 e. The molecule has 1 aliphatic heterocycles. The Kier molecular flexibility index (Phi) is 2.06. The van der Waals surface area contributed by atoms with E-state index in [0.717, 1.165) is 12.2 Å². The summed E-state index contributed by atoms with van der Waals surface area (Å²) in [6.07, 6.45) is 2.86. The maximum atomic E-state index is 11.4. The molecular formula is C5H11NOS2. The summed E-state index contributed by atoms with van der Waals surface area (Å²) in [5.74, 6) is 0.787. The van der Waals surface area contributed by atoms with Crippen LogP contribution >= 0.6 is 10.8 Å². The minimum absolute atomic E-state index is 0.324. The van der Waals surface area contributed by atoms with Gasteiger partial charge in [-0.1, -0.05) is 10.8 Å². The summed E-state index contributed by atoms with van der Waals surface area (Å²) in [6.45, 7) is 2.02. The van der Waals surface area contributed by atoms with Gasteiger partial charge < -0.3 is 0 Å². The summed E-state index contributed by atoms with van der Waals surface area (Å²) in [7, 11) is -0.400. The van der Waals surface area contributed by atoms with E-state index in [9.17, 15) is 4.21 Å². The van der Waals surface area contributed by atoms with Gasteiger partial charge in [-0.3, -0.25) is 0 Å². The van der Waals surface area contributed by atoms with Crippen LogP contribution in [0.15, 0.2) is 4.36 Å². The fourth-order valence-electron chi connectivity index (χ4n) is 0.825. The Labute approximate surface area is 60.0 Å². The molecule has 0 saturated heterocycles. The highest BCUT2D eigenvalue weighted by atomic mass is 33.1. The molecule has 2 unspecified atom stereocenters. The fourth-order valence-corrected chi connectivity index (χ4v) is 3.96. The molecule has 1 rings (SSSR count). The average molecular weight is 165 g/mol. The molecule has 0 aromatic carbocycles. The van der Waals surface area contributed by atoms with E-state index in [4.69, 9.17) is 0 Å². The summed E-state index contributed by atoms with van der Waals surface area (Å²) in [5, 5.41) is 0. The van der Waals surface area contributed by atoms with Crippen molar-refractivity contribution in [1.82, 2.24) is 0 Å². The van der Waals surface area contributed by atoms with Crippen LogP contribution in [-0.4, -0.2) is 22.3 Å². The highest BCUT2D eigenvalue weighted by Gasteiger charge is 2.17. The van der Waals surface area contributed by atoms with Gasteiger partial charge in [0.1, 0.15) is 0 Å². The van der Waals surface area contributed by atoms with E-state index in [1.54, 1.807) is 0 Å². The van der Waals surface area contributed by atoms with E-state index >= 15 is 0 Å². The van der Waals surface area contributed by atoms with E-state index < -0.39 is 8.76 Å². The minimum atomic E-state index is -1.80. The van der Waals surface area contributed by atoms with Crippen molar-refractivity contribution in [3.8, 4) is 0 Å². The molecule has 1 heterocycles. The zero-order valence-corrected chi connectivity index (χ0v) is 7.30. The molecule has 1 aliphatic rings. The van der Waals surface area contributed by atoms with Gasteiger partial charge in [-0.15, -0.1) is 0 Å². The molecule has 0 radical (unpaired) electrons. The van der Waals surface area contributed by atoms with Gasteiger partial charge in [0, 0.05) is 5.75 Å². The third kappa shape index (κ3) is 1.61. The van der Waals surface area contributed by atoms with Gasteiger partial charge in [0.15, 0.2) is 0 Å². The zero-order valence-electron chi connectivity index (χ0n) is 5.66. The van der Waals surface area contributed by atoms with Crippen molar-refractivity contribution >= 4 is 19.6 Å². The number of hydrogen-bond acceptors (Lipinski definition) is 3. The highest BCUT2D eigenvalue weighted by Crippen LogP contribution is 2.23. The lowest BCUT2D eigenvalue weighted by molar-refractivity contribution is 0.688. The Hall–Kier alpha value is 0.300. The second kappa shape index (κ2) is 2.50. The van der Waals surface area contributed by atoms with E-state index in [-0.39, 0.29) is 0 Å². The summed E-state index contributed by atoms with van der Waals surface area (Å²) in [5.41, 5.74) is 0. The predicted molar refractivity (Wildman–Crippen MR) is 43.0 cm³/mol. The molecule has 0 N–H and O–H groups in total. The smallest absolute Gasteiger partial charge is 0.0987 e. The molecule has 0 aliphatic carbocycles. The van der Waals surface area contributed by atoms with Crippen LogP contribution in [0, 0.1) is 0 Å².